The van der Waals surface area contributed by atoms with E-state index in [2.05, 4.69) is 9.97 Å². The lowest BCUT2D eigenvalue weighted by atomic mass is 10.1. The van der Waals surface area contributed by atoms with E-state index in [-0.39, 0.29) is 5.60 Å². The number of carbonyl (C=O) groups excluding carboxylic acids is 1. The highest BCUT2D eigenvalue weighted by Gasteiger charge is 2.28. The lowest BCUT2D eigenvalue weighted by Crippen LogP contribution is -2.43. The molecule has 6 heteroatoms. The van der Waals surface area contributed by atoms with E-state index < -0.39 is 17.6 Å². The van der Waals surface area contributed by atoms with Gasteiger partial charge < -0.3 is 20.2 Å². The van der Waals surface area contributed by atoms with Crippen molar-refractivity contribution in [1.82, 2.24) is 9.97 Å². The fourth-order valence-corrected chi connectivity index (χ4v) is 1.48. The van der Waals surface area contributed by atoms with Gasteiger partial charge in [0.1, 0.15) is 11.6 Å². The number of nitrogens with zero attached hydrogens (tertiary/aromatic N) is 1. The predicted octanol–water partition coefficient (Wildman–Crippen LogP) is 1.42. The number of ether oxygens (including phenoxy) is 2. The molecule has 1 aromatic heterocycles. The number of hydrogen-bond donors (Lipinski definition) is 2. The first-order chi connectivity index (χ1) is 9.09. The molecular formula is C14H25N3O3. The summed E-state index contributed by atoms with van der Waals surface area (Å²) in [4.78, 5) is 18.8. The maximum atomic E-state index is 12.0. The first-order valence-corrected chi connectivity index (χ1v) is 6.69. The summed E-state index contributed by atoms with van der Waals surface area (Å²) in [5.74, 6) is -0.442. The van der Waals surface area contributed by atoms with Crippen LogP contribution in [0.25, 0.3) is 0 Å². The number of nitrogens with one attached hydrogen (secondary N) is 1. The number of hydrogen-bond acceptors (Lipinski definition) is 5. The molecular weight excluding hydrogens is 258 g/mol. The van der Waals surface area contributed by atoms with Gasteiger partial charge in [-0.3, -0.25) is 4.79 Å². The van der Waals surface area contributed by atoms with Crippen LogP contribution in [0.2, 0.25) is 0 Å². The molecule has 0 saturated heterocycles. The molecule has 0 bridgehead atoms. The maximum Gasteiger partial charge on any atom is 0.323 e. The highest BCUT2D eigenvalue weighted by Crippen LogP contribution is 2.16. The number of nitrogens with two attached hydrogens (primary N) is 1. The molecule has 0 radical (unpaired) electrons. The zero-order valence-corrected chi connectivity index (χ0v) is 12.9. The van der Waals surface area contributed by atoms with Crippen LogP contribution in [0.1, 0.15) is 40.3 Å². The van der Waals surface area contributed by atoms with Gasteiger partial charge in [-0.05, 0) is 34.6 Å². The number of imidazole rings is 1. The van der Waals surface area contributed by atoms with E-state index in [0.717, 1.165) is 5.69 Å². The van der Waals surface area contributed by atoms with Crippen molar-refractivity contribution < 1.29 is 14.3 Å². The second-order valence-corrected chi connectivity index (χ2v) is 6.47. The molecule has 0 saturated carbocycles. The molecule has 1 aromatic rings. The summed E-state index contributed by atoms with van der Waals surface area (Å²) < 4.78 is 11.1. The molecule has 3 N–H and O–H groups in total. The zero-order chi connectivity index (χ0) is 15.4. The first kappa shape index (κ1) is 16.7. The number of rotatable bonds is 6. The van der Waals surface area contributed by atoms with Gasteiger partial charge in [0.05, 0.1) is 18.5 Å². The standard InChI is InChI=1S/C14H25N3O3/c1-13(2,3)19-8-14(4,5)20-12(18)11(15)6-10-7-16-9-17-10/h7,9,11H,6,8,15H2,1-5H3,(H,16,17). The normalized spacial score (nSPS) is 14.1. The monoisotopic (exact) mass is 283 g/mol. The van der Waals surface area contributed by atoms with Crippen LogP contribution in [0.4, 0.5) is 0 Å². The number of aromatic nitrogens is 2. The van der Waals surface area contributed by atoms with Crippen molar-refractivity contribution in [3.63, 3.8) is 0 Å². The van der Waals surface area contributed by atoms with Crippen molar-refractivity contribution in [2.24, 2.45) is 5.73 Å². The molecule has 114 valence electrons. The molecule has 1 heterocycles. The Balaban J connectivity index is 2.47. The van der Waals surface area contributed by atoms with Gasteiger partial charge in [-0.15, -0.1) is 0 Å². The Hall–Kier alpha value is -1.40. The van der Waals surface area contributed by atoms with Gasteiger partial charge in [-0.1, -0.05) is 0 Å². The van der Waals surface area contributed by atoms with E-state index >= 15 is 0 Å². The van der Waals surface area contributed by atoms with Gasteiger partial charge in [0.2, 0.25) is 0 Å². The summed E-state index contributed by atoms with van der Waals surface area (Å²) in [6.07, 6.45) is 3.56. The third-order valence-corrected chi connectivity index (χ3v) is 2.53. The van der Waals surface area contributed by atoms with Crippen LogP contribution in [0.15, 0.2) is 12.5 Å². The average molecular weight is 283 g/mol. The van der Waals surface area contributed by atoms with Gasteiger partial charge in [0, 0.05) is 18.3 Å². The van der Waals surface area contributed by atoms with Gasteiger partial charge in [-0.2, -0.15) is 0 Å². The largest absolute Gasteiger partial charge is 0.456 e. The Morgan fingerprint density at radius 3 is 2.55 bits per heavy atom. The van der Waals surface area contributed by atoms with E-state index in [1.165, 1.54) is 0 Å². The van der Waals surface area contributed by atoms with Gasteiger partial charge in [-0.25, -0.2) is 4.98 Å². The van der Waals surface area contributed by atoms with Crippen LogP contribution in [0.3, 0.4) is 0 Å². The van der Waals surface area contributed by atoms with Gasteiger partial charge in [0.15, 0.2) is 0 Å². The minimum absolute atomic E-state index is 0.276. The smallest absolute Gasteiger partial charge is 0.323 e. The SMILES string of the molecule is CC(C)(C)OCC(C)(C)OC(=O)C(N)Cc1cnc[nH]1. The third-order valence-electron chi connectivity index (χ3n) is 2.53. The highest BCUT2D eigenvalue weighted by atomic mass is 16.6. The fourth-order valence-electron chi connectivity index (χ4n) is 1.48. The lowest BCUT2D eigenvalue weighted by molar-refractivity contribution is -0.169. The molecule has 0 fully saturated rings. The lowest BCUT2D eigenvalue weighted by Gasteiger charge is -2.30. The molecule has 0 spiro atoms. The van der Waals surface area contributed by atoms with Crippen molar-refractivity contribution in [2.45, 2.75) is 58.3 Å². The fraction of sp³-hybridized carbons (Fsp3) is 0.714. The Labute approximate surface area is 120 Å². The van der Waals surface area contributed by atoms with Crippen LogP contribution >= 0.6 is 0 Å². The van der Waals surface area contributed by atoms with Crippen LogP contribution in [0.5, 0.6) is 0 Å². The minimum Gasteiger partial charge on any atom is -0.456 e. The van der Waals surface area contributed by atoms with Crippen molar-refractivity contribution in [3.8, 4) is 0 Å². The number of H-pyrrole nitrogens is 1. The highest BCUT2D eigenvalue weighted by molar-refractivity contribution is 5.76. The Morgan fingerprint density at radius 2 is 2.05 bits per heavy atom. The molecule has 20 heavy (non-hydrogen) atoms. The molecule has 0 amide bonds. The second-order valence-electron chi connectivity index (χ2n) is 6.47. The second kappa shape index (κ2) is 6.37. The average Bonchev–Trinajstić information content (AvgIpc) is 2.78. The molecule has 1 atom stereocenters. The Morgan fingerprint density at radius 1 is 1.40 bits per heavy atom. The van der Waals surface area contributed by atoms with Crippen molar-refractivity contribution >= 4 is 5.97 Å². The number of carbonyl (C=O) groups is 1. The van der Waals surface area contributed by atoms with E-state index in [1.54, 1.807) is 26.4 Å². The summed E-state index contributed by atoms with van der Waals surface area (Å²) in [7, 11) is 0. The molecule has 0 aliphatic carbocycles. The molecule has 6 nitrogen and oxygen atoms in total. The predicted molar refractivity (Wildman–Crippen MR) is 76.1 cm³/mol. The zero-order valence-electron chi connectivity index (χ0n) is 12.9. The minimum atomic E-state index is -0.718. The maximum absolute atomic E-state index is 12.0. The summed E-state index contributed by atoms with van der Waals surface area (Å²) in [5, 5.41) is 0. The van der Waals surface area contributed by atoms with Gasteiger partial charge in [0.25, 0.3) is 0 Å². The van der Waals surface area contributed by atoms with Crippen molar-refractivity contribution in [2.75, 3.05) is 6.61 Å². The van der Waals surface area contributed by atoms with Crippen molar-refractivity contribution in [1.29, 1.82) is 0 Å². The molecule has 0 aliphatic rings. The number of esters is 1. The summed E-state index contributed by atoms with van der Waals surface area (Å²) in [6, 6.07) is -0.718. The van der Waals surface area contributed by atoms with Gasteiger partial charge >= 0.3 is 5.97 Å². The summed E-state index contributed by atoms with van der Waals surface area (Å²) >= 11 is 0. The van der Waals surface area contributed by atoms with E-state index in [0.29, 0.717) is 13.0 Å². The van der Waals surface area contributed by atoms with Crippen LogP contribution in [-0.2, 0) is 20.7 Å². The Bertz CT molecular complexity index is 421. The number of aromatic amines is 1. The van der Waals surface area contributed by atoms with Crippen LogP contribution in [0, 0.1) is 0 Å². The molecule has 1 rings (SSSR count). The molecule has 1 unspecified atom stereocenters. The quantitative estimate of drug-likeness (QED) is 0.770. The summed E-state index contributed by atoms with van der Waals surface area (Å²) in [6.45, 7) is 9.79. The van der Waals surface area contributed by atoms with Crippen LogP contribution < -0.4 is 5.73 Å². The van der Waals surface area contributed by atoms with E-state index in [4.69, 9.17) is 15.2 Å². The van der Waals surface area contributed by atoms with Crippen LogP contribution in [-0.4, -0.2) is 39.8 Å². The first-order valence-electron chi connectivity index (χ1n) is 6.69. The topological polar surface area (TPSA) is 90.2 Å². The van der Waals surface area contributed by atoms with Crippen molar-refractivity contribution in [3.05, 3.63) is 18.2 Å². The van der Waals surface area contributed by atoms with E-state index in [9.17, 15) is 4.79 Å². The summed E-state index contributed by atoms with van der Waals surface area (Å²) in [5.41, 5.74) is 5.65. The molecule has 0 aliphatic heterocycles. The molecule has 0 aromatic carbocycles. The Kier molecular flexibility index (Phi) is 5.30. The van der Waals surface area contributed by atoms with E-state index in [1.807, 2.05) is 20.8 Å². The third kappa shape index (κ3) is 6.16.